The Morgan fingerprint density at radius 1 is 1.18 bits per heavy atom. The van der Waals surface area contributed by atoms with Crippen molar-refractivity contribution >= 4 is 35.1 Å². The number of carboxylic acids is 1. The lowest BCUT2D eigenvalue weighted by Crippen LogP contribution is -2.42. The number of alkyl halides is 1. The van der Waals surface area contributed by atoms with Crippen LogP contribution in [0.2, 0.25) is 0 Å². The van der Waals surface area contributed by atoms with Crippen LogP contribution >= 0.6 is 11.3 Å². The number of benzene rings is 1. The Hall–Kier alpha value is -3.34. The molecule has 4 atom stereocenters. The number of carboxylic acid groups (broad SMARTS) is 1. The van der Waals surface area contributed by atoms with Crippen LogP contribution in [0.15, 0.2) is 35.7 Å². The van der Waals surface area contributed by atoms with Crippen LogP contribution < -0.4 is 5.32 Å². The molecule has 1 heterocycles. The molecule has 1 unspecified atom stereocenters. The molecule has 0 radical (unpaired) electrons. The highest BCUT2D eigenvalue weighted by atomic mass is 32.1. The van der Waals surface area contributed by atoms with Gasteiger partial charge in [0.05, 0.1) is 0 Å². The van der Waals surface area contributed by atoms with Crippen molar-refractivity contribution in [1.29, 1.82) is 0 Å². The molecule has 3 rings (SSSR count). The predicted octanol–water partition coefficient (Wildman–Crippen LogP) is 4.57. The fourth-order valence-corrected chi connectivity index (χ4v) is 5.48. The van der Waals surface area contributed by atoms with Gasteiger partial charge in [-0.05, 0) is 36.7 Å². The lowest BCUT2D eigenvalue weighted by molar-refractivity contribution is -0.148. The Balaban J connectivity index is 1.75. The number of ether oxygens (including phenoxy) is 1. The summed E-state index contributed by atoms with van der Waals surface area (Å²) < 4.78 is 19.7. The second-order valence-electron chi connectivity index (χ2n) is 10.8. The molecule has 1 aromatic carbocycles. The maximum atomic E-state index is 14.1. The van der Waals surface area contributed by atoms with E-state index in [1.165, 1.54) is 12.3 Å². The molecule has 1 aliphatic carbocycles. The van der Waals surface area contributed by atoms with Gasteiger partial charge in [0.1, 0.15) is 10.7 Å². The zero-order valence-corrected chi connectivity index (χ0v) is 24.2. The number of nitrogens with zero attached hydrogens (tertiary/aromatic N) is 2. The number of carbonyl (C=O) groups excluding carboxylic acids is 3. The summed E-state index contributed by atoms with van der Waals surface area (Å²) >= 11 is 1.15. The third-order valence-electron chi connectivity index (χ3n) is 7.03. The van der Waals surface area contributed by atoms with Crippen molar-refractivity contribution in [2.24, 2.45) is 11.8 Å². The Morgan fingerprint density at radius 2 is 1.85 bits per heavy atom. The second kappa shape index (κ2) is 14.3. The van der Waals surface area contributed by atoms with Crippen LogP contribution in [0.3, 0.4) is 0 Å². The third kappa shape index (κ3) is 9.39. The van der Waals surface area contributed by atoms with Gasteiger partial charge in [-0.1, -0.05) is 44.2 Å². The van der Waals surface area contributed by atoms with E-state index in [0.29, 0.717) is 23.8 Å². The van der Waals surface area contributed by atoms with E-state index < -0.39 is 42.6 Å². The van der Waals surface area contributed by atoms with Gasteiger partial charge < -0.3 is 20.1 Å². The summed E-state index contributed by atoms with van der Waals surface area (Å²) in [5, 5.41) is 13.7. The van der Waals surface area contributed by atoms with E-state index in [4.69, 9.17) is 9.84 Å². The number of halogens is 1. The molecule has 1 aromatic heterocycles. The zero-order valence-electron chi connectivity index (χ0n) is 23.3. The Labute approximate surface area is 238 Å². The monoisotopic (exact) mass is 575 g/mol. The Morgan fingerprint density at radius 3 is 2.42 bits per heavy atom. The first-order valence-electron chi connectivity index (χ1n) is 13.5. The van der Waals surface area contributed by atoms with Gasteiger partial charge in [0.2, 0.25) is 5.91 Å². The minimum Gasteiger partial charge on any atom is -0.479 e. The highest BCUT2D eigenvalue weighted by molar-refractivity contribution is 7.09. The molecule has 2 amide bonds. The molecule has 0 saturated heterocycles. The molecule has 11 heteroatoms. The molecule has 0 bridgehead atoms. The summed E-state index contributed by atoms with van der Waals surface area (Å²) in [6.07, 6.45) is -0.106. The van der Waals surface area contributed by atoms with E-state index in [1.807, 2.05) is 44.2 Å². The smallest absolute Gasteiger partial charge is 0.338 e. The summed E-state index contributed by atoms with van der Waals surface area (Å²) in [7, 11) is 1.77. The van der Waals surface area contributed by atoms with Crippen molar-refractivity contribution in [2.45, 2.75) is 83.7 Å². The zero-order chi connectivity index (χ0) is 29.4. The molecule has 1 saturated carbocycles. The standard InChI is InChI=1S/C29H38FN3O6S/c1-17(2)24(33(4)26(35)13-20-10-11-20)15-25(39-18(3)34)28-32-23(16-40-28)27(36)31-21(14-22(30)29(37)38)12-19-8-6-5-7-9-19/h5-9,16-17,20-22,24-25H,10-15H2,1-4H3,(H,31,36)(H,37,38)/t21-,22-,24?,25+/m0/s1. The van der Waals surface area contributed by atoms with Gasteiger partial charge >= 0.3 is 11.9 Å². The molecule has 40 heavy (non-hydrogen) atoms. The maximum absolute atomic E-state index is 14.1. The molecule has 0 spiro atoms. The number of rotatable bonds is 15. The average Bonchev–Trinajstić information content (AvgIpc) is 3.56. The van der Waals surface area contributed by atoms with Gasteiger partial charge in [0.15, 0.2) is 12.3 Å². The van der Waals surface area contributed by atoms with Crippen molar-refractivity contribution < 1.29 is 33.4 Å². The summed E-state index contributed by atoms with van der Waals surface area (Å²) in [5.41, 5.74) is 0.875. The average molecular weight is 576 g/mol. The van der Waals surface area contributed by atoms with Gasteiger partial charge in [-0.25, -0.2) is 14.2 Å². The number of nitrogens with one attached hydrogen (secondary N) is 1. The maximum Gasteiger partial charge on any atom is 0.338 e. The molecule has 218 valence electrons. The molecular formula is C29H38FN3O6S. The summed E-state index contributed by atoms with van der Waals surface area (Å²) in [6.45, 7) is 5.29. The van der Waals surface area contributed by atoms with Gasteiger partial charge in [-0.3, -0.25) is 14.4 Å². The van der Waals surface area contributed by atoms with E-state index in [9.17, 15) is 23.6 Å². The van der Waals surface area contributed by atoms with Crippen LogP contribution in [0.4, 0.5) is 4.39 Å². The second-order valence-corrected chi connectivity index (χ2v) is 11.7. The first-order valence-corrected chi connectivity index (χ1v) is 14.4. The van der Waals surface area contributed by atoms with Crippen LogP contribution in [0.25, 0.3) is 0 Å². The largest absolute Gasteiger partial charge is 0.479 e. The van der Waals surface area contributed by atoms with Gasteiger partial charge in [-0.2, -0.15) is 0 Å². The molecule has 1 aliphatic rings. The van der Waals surface area contributed by atoms with Crippen molar-refractivity contribution in [3.63, 3.8) is 0 Å². The molecule has 1 fully saturated rings. The number of aromatic nitrogens is 1. The van der Waals surface area contributed by atoms with E-state index in [0.717, 1.165) is 29.7 Å². The number of amides is 2. The predicted molar refractivity (Wildman–Crippen MR) is 149 cm³/mol. The number of esters is 1. The van der Waals surface area contributed by atoms with Gasteiger partial charge in [0.25, 0.3) is 5.91 Å². The van der Waals surface area contributed by atoms with Gasteiger partial charge in [-0.15, -0.1) is 11.3 Å². The van der Waals surface area contributed by atoms with Crippen molar-refractivity contribution in [3.05, 3.63) is 52.0 Å². The quantitative estimate of drug-likeness (QED) is 0.298. The SMILES string of the molecule is CC(=O)O[C@H](CC(C(C)C)N(C)C(=O)CC1CC1)c1nc(C(=O)N[C@@H](Cc2ccccc2)C[C@H](F)C(=O)O)cs1. The van der Waals surface area contributed by atoms with E-state index in [-0.39, 0.29) is 30.0 Å². The van der Waals surface area contributed by atoms with E-state index in [2.05, 4.69) is 10.3 Å². The molecule has 2 aromatic rings. The lowest BCUT2D eigenvalue weighted by atomic mass is 9.96. The van der Waals surface area contributed by atoms with Crippen molar-refractivity contribution in [3.8, 4) is 0 Å². The Bertz CT molecular complexity index is 1170. The molecule has 9 nitrogen and oxygen atoms in total. The highest BCUT2D eigenvalue weighted by Crippen LogP contribution is 2.35. The van der Waals surface area contributed by atoms with Crippen molar-refractivity contribution in [2.75, 3.05) is 7.05 Å². The summed E-state index contributed by atoms with van der Waals surface area (Å²) in [5.74, 6) is -2.10. The van der Waals surface area contributed by atoms with Crippen LogP contribution in [0, 0.1) is 11.8 Å². The number of thiazole rings is 1. The third-order valence-corrected chi connectivity index (χ3v) is 7.97. The first-order chi connectivity index (χ1) is 18.9. The van der Waals surface area contributed by atoms with Crippen molar-refractivity contribution in [1.82, 2.24) is 15.2 Å². The number of aliphatic carboxylic acids is 1. The fourth-order valence-electron chi connectivity index (χ4n) is 4.64. The molecular weight excluding hydrogens is 537 g/mol. The summed E-state index contributed by atoms with van der Waals surface area (Å²) in [6, 6.07) is 8.07. The fraction of sp³-hybridized carbons (Fsp3) is 0.552. The highest BCUT2D eigenvalue weighted by Gasteiger charge is 2.33. The minimum absolute atomic E-state index is 0.0546. The molecule has 2 N–H and O–H groups in total. The van der Waals surface area contributed by atoms with Crippen LogP contribution in [0.1, 0.15) is 80.0 Å². The number of hydrogen-bond donors (Lipinski definition) is 2. The van der Waals surface area contributed by atoms with E-state index in [1.54, 1.807) is 11.9 Å². The van der Waals surface area contributed by atoms with Crippen LogP contribution in [-0.4, -0.2) is 64.0 Å². The Kier molecular flexibility index (Phi) is 11.2. The minimum atomic E-state index is -2.14. The number of hydrogen-bond acceptors (Lipinski definition) is 7. The summed E-state index contributed by atoms with van der Waals surface area (Å²) in [4.78, 5) is 55.2. The van der Waals surface area contributed by atoms with E-state index >= 15 is 0 Å². The first kappa shape index (κ1) is 31.2. The number of carbonyl (C=O) groups is 4. The van der Waals surface area contributed by atoms with Crippen LogP contribution in [0.5, 0.6) is 0 Å². The van der Waals surface area contributed by atoms with Crippen LogP contribution in [-0.2, 0) is 25.5 Å². The molecule has 0 aliphatic heterocycles. The van der Waals surface area contributed by atoms with Gasteiger partial charge in [0, 0.05) is 50.7 Å². The topological polar surface area (TPSA) is 126 Å². The normalized spacial score (nSPS) is 16.1. The lowest BCUT2D eigenvalue weighted by Gasteiger charge is -2.33.